The number of carbonyl (C=O) groups is 2. The second-order valence-electron chi connectivity index (χ2n) is 10.1. The first kappa shape index (κ1) is 26.7. The van der Waals surface area contributed by atoms with Gasteiger partial charge >= 0.3 is 0 Å². The highest BCUT2D eigenvalue weighted by atomic mass is 16.2. The molecule has 0 aliphatic heterocycles. The van der Waals surface area contributed by atoms with Crippen LogP contribution in [0.2, 0.25) is 0 Å². The van der Waals surface area contributed by atoms with E-state index in [1.165, 1.54) is 0 Å². The fourth-order valence-electron chi connectivity index (χ4n) is 5.09. The first-order valence-corrected chi connectivity index (χ1v) is 13.4. The van der Waals surface area contributed by atoms with Gasteiger partial charge < -0.3 is 22.1 Å². The van der Waals surface area contributed by atoms with E-state index in [1.807, 2.05) is 48.5 Å². The molecule has 204 valence electrons. The minimum atomic E-state index is -0.194. The van der Waals surface area contributed by atoms with Crippen LogP contribution in [0.1, 0.15) is 60.0 Å². The molecule has 2 aromatic carbocycles. The Morgan fingerprint density at radius 1 is 0.650 bits per heavy atom. The summed E-state index contributed by atoms with van der Waals surface area (Å²) in [5.74, 6) is 0.901. The Morgan fingerprint density at radius 3 is 1.50 bits per heavy atom. The Balaban J connectivity index is 1.15. The van der Waals surface area contributed by atoms with Crippen LogP contribution in [-0.2, 0) is 22.4 Å². The van der Waals surface area contributed by atoms with Gasteiger partial charge in [0.25, 0.3) is 0 Å². The van der Waals surface area contributed by atoms with Crippen LogP contribution in [0.25, 0.3) is 0 Å². The smallest absolute Gasteiger partial charge is 0.230 e. The molecular weight excluding hydrogens is 504 g/mol. The van der Waals surface area contributed by atoms with E-state index < -0.39 is 0 Å². The van der Waals surface area contributed by atoms with Crippen molar-refractivity contribution in [2.75, 3.05) is 22.1 Å². The van der Waals surface area contributed by atoms with E-state index in [4.69, 9.17) is 11.5 Å². The van der Waals surface area contributed by atoms with Crippen LogP contribution >= 0.6 is 0 Å². The predicted octanol–water partition coefficient (Wildman–Crippen LogP) is 4.23. The van der Waals surface area contributed by atoms with Crippen molar-refractivity contribution in [1.29, 1.82) is 0 Å². The van der Waals surface area contributed by atoms with Crippen LogP contribution in [-0.4, -0.2) is 32.2 Å². The zero-order chi connectivity index (χ0) is 27.9. The molecule has 1 aliphatic carbocycles. The normalized spacial score (nSPS) is 16.7. The van der Waals surface area contributed by atoms with Gasteiger partial charge in [-0.15, -0.1) is 10.2 Å². The van der Waals surface area contributed by atoms with E-state index in [0.717, 1.165) is 48.2 Å². The predicted molar refractivity (Wildman–Crippen MR) is 154 cm³/mol. The third kappa shape index (κ3) is 6.76. The molecule has 1 saturated carbocycles. The Hall–Kier alpha value is -4.86. The van der Waals surface area contributed by atoms with Crippen LogP contribution in [0.3, 0.4) is 0 Å². The zero-order valence-corrected chi connectivity index (χ0v) is 22.1. The Labute approximate surface area is 232 Å². The number of hydrogen-bond donors (Lipinski definition) is 4. The van der Waals surface area contributed by atoms with Crippen molar-refractivity contribution < 1.29 is 9.59 Å². The molecule has 2 atom stereocenters. The fraction of sp³-hybridized carbons (Fsp3) is 0.267. The molecule has 10 nitrogen and oxygen atoms in total. The summed E-state index contributed by atoms with van der Waals surface area (Å²) >= 11 is 0. The molecule has 5 rings (SSSR count). The number of carbonyl (C=O) groups excluding carboxylic acids is 2. The molecule has 40 heavy (non-hydrogen) atoms. The molecule has 4 aromatic rings. The first-order valence-electron chi connectivity index (χ1n) is 13.4. The maximum Gasteiger partial charge on any atom is 0.230 e. The molecular formula is C30H32N8O2. The van der Waals surface area contributed by atoms with Gasteiger partial charge in [-0.25, -0.2) is 0 Å². The van der Waals surface area contributed by atoms with Gasteiger partial charge in [-0.3, -0.25) is 9.59 Å². The number of nitrogens with one attached hydrogen (secondary N) is 2. The van der Waals surface area contributed by atoms with Crippen LogP contribution in [0.5, 0.6) is 0 Å². The van der Waals surface area contributed by atoms with Crippen LogP contribution in [0.15, 0.2) is 72.8 Å². The van der Waals surface area contributed by atoms with Gasteiger partial charge in [0.2, 0.25) is 11.8 Å². The topological polar surface area (TPSA) is 162 Å². The number of rotatable bonds is 8. The second kappa shape index (κ2) is 12.3. The van der Waals surface area contributed by atoms with E-state index >= 15 is 0 Å². The molecule has 1 fully saturated rings. The van der Waals surface area contributed by atoms with E-state index in [9.17, 15) is 9.59 Å². The van der Waals surface area contributed by atoms with E-state index in [2.05, 4.69) is 31.0 Å². The van der Waals surface area contributed by atoms with Gasteiger partial charge in [-0.05, 0) is 66.8 Å². The summed E-state index contributed by atoms with van der Waals surface area (Å²) in [4.78, 5) is 24.8. The average Bonchev–Trinajstić information content (AvgIpc) is 2.96. The summed E-state index contributed by atoms with van der Waals surface area (Å²) in [6.45, 7) is 0. The molecule has 0 spiro atoms. The lowest BCUT2D eigenvalue weighted by Crippen LogP contribution is -2.19. The molecule has 0 bridgehead atoms. The summed E-state index contributed by atoms with van der Waals surface area (Å²) < 4.78 is 0. The van der Waals surface area contributed by atoms with Crippen LogP contribution in [0.4, 0.5) is 23.0 Å². The lowest BCUT2D eigenvalue weighted by molar-refractivity contribution is -0.116. The second-order valence-corrected chi connectivity index (χ2v) is 10.1. The van der Waals surface area contributed by atoms with Crippen LogP contribution < -0.4 is 22.1 Å². The highest BCUT2D eigenvalue weighted by molar-refractivity contribution is 5.92. The molecule has 0 saturated heterocycles. The van der Waals surface area contributed by atoms with Crippen molar-refractivity contribution in [3.63, 3.8) is 0 Å². The minimum absolute atomic E-state index is 0.172. The van der Waals surface area contributed by atoms with Crippen molar-refractivity contribution in [2.45, 2.75) is 50.4 Å². The number of amides is 2. The number of hydrogen-bond acceptors (Lipinski definition) is 8. The SMILES string of the molecule is Nc1ccccc1CC(=O)Nc1ccc([C@@H]2CCC[C@@H](c3ccc(NC(=O)Cc4ccccc4N)nn3)C2)nn1. The fourth-order valence-corrected chi connectivity index (χ4v) is 5.09. The molecule has 6 N–H and O–H groups in total. The highest BCUT2D eigenvalue weighted by Crippen LogP contribution is 2.40. The van der Waals surface area contributed by atoms with Gasteiger partial charge in [0.15, 0.2) is 11.6 Å². The van der Waals surface area contributed by atoms with Crippen molar-refractivity contribution in [2.24, 2.45) is 0 Å². The maximum absolute atomic E-state index is 12.4. The van der Waals surface area contributed by atoms with Crippen molar-refractivity contribution in [3.8, 4) is 0 Å². The Bertz CT molecular complexity index is 1360. The third-order valence-corrected chi connectivity index (χ3v) is 7.23. The maximum atomic E-state index is 12.4. The molecule has 1 aliphatic rings. The summed E-state index contributed by atoms with van der Waals surface area (Å²) in [5.41, 5.74) is 16.4. The number of anilines is 4. The van der Waals surface area contributed by atoms with Gasteiger partial charge in [-0.1, -0.05) is 42.8 Å². The third-order valence-electron chi connectivity index (χ3n) is 7.23. The number of aromatic nitrogens is 4. The molecule has 2 aromatic heterocycles. The molecule has 2 heterocycles. The minimum Gasteiger partial charge on any atom is -0.398 e. The molecule has 0 unspecified atom stereocenters. The molecule has 2 amide bonds. The number of benzene rings is 2. The number of para-hydroxylation sites is 2. The standard InChI is InChI=1S/C30H32N8O2/c31-23-10-3-1-6-19(23)17-29(39)33-27-14-12-25(35-37-27)21-8-5-9-22(16-21)26-13-15-28(38-36-26)34-30(40)18-20-7-2-4-11-24(20)32/h1-4,6-7,10-15,21-22H,5,8-9,16-18,31-32H2,(H,33,37,39)(H,34,38,40)/t21-,22-/m1/s1. The molecule has 10 heteroatoms. The van der Waals surface area contributed by atoms with E-state index in [-0.39, 0.29) is 36.5 Å². The van der Waals surface area contributed by atoms with Crippen molar-refractivity contribution >= 4 is 34.8 Å². The van der Waals surface area contributed by atoms with Crippen molar-refractivity contribution in [1.82, 2.24) is 20.4 Å². The van der Waals surface area contributed by atoms with Gasteiger partial charge in [0, 0.05) is 23.2 Å². The number of nitrogens with zero attached hydrogens (tertiary/aromatic N) is 4. The number of nitrogen functional groups attached to an aromatic ring is 2. The summed E-state index contributed by atoms with van der Waals surface area (Å²) in [6.07, 6.45) is 4.27. The van der Waals surface area contributed by atoms with Gasteiger partial charge in [-0.2, -0.15) is 10.2 Å². The van der Waals surface area contributed by atoms with Gasteiger partial charge in [0.05, 0.1) is 24.2 Å². The zero-order valence-electron chi connectivity index (χ0n) is 22.1. The first-order chi connectivity index (χ1) is 19.4. The quantitative estimate of drug-likeness (QED) is 0.243. The molecule has 0 radical (unpaired) electrons. The lowest BCUT2D eigenvalue weighted by atomic mass is 9.78. The van der Waals surface area contributed by atoms with Gasteiger partial charge in [0.1, 0.15) is 0 Å². The average molecular weight is 537 g/mol. The highest BCUT2D eigenvalue weighted by Gasteiger charge is 2.27. The largest absolute Gasteiger partial charge is 0.398 e. The summed E-state index contributed by atoms with van der Waals surface area (Å²) in [5, 5.41) is 22.9. The number of nitrogens with two attached hydrogens (primary N) is 2. The van der Waals surface area contributed by atoms with Crippen molar-refractivity contribution in [3.05, 3.63) is 95.3 Å². The monoisotopic (exact) mass is 536 g/mol. The van der Waals surface area contributed by atoms with E-state index in [1.54, 1.807) is 24.3 Å². The van der Waals surface area contributed by atoms with E-state index in [0.29, 0.717) is 23.0 Å². The lowest BCUT2D eigenvalue weighted by Gasteiger charge is -2.28. The van der Waals surface area contributed by atoms with Crippen LogP contribution in [0, 0.1) is 0 Å². The summed E-state index contributed by atoms with van der Waals surface area (Å²) in [7, 11) is 0. The summed E-state index contributed by atoms with van der Waals surface area (Å²) in [6, 6.07) is 22.0. The Kier molecular flexibility index (Phi) is 8.24. The Morgan fingerprint density at radius 2 is 1.10 bits per heavy atom.